The van der Waals surface area contributed by atoms with Crippen molar-refractivity contribution in [1.82, 2.24) is 0 Å². The van der Waals surface area contributed by atoms with Crippen molar-refractivity contribution in [1.29, 1.82) is 0 Å². The van der Waals surface area contributed by atoms with Crippen LogP contribution in [-0.2, 0) is 23.8 Å². The van der Waals surface area contributed by atoms with Gasteiger partial charge in [-0.05, 0) is 25.7 Å². The van der Waals surface area contributed by atoms with Gasteiger partial charge in [0, 0.05) is 6.42 Å². The van der Waals surface area contributed by atoms with Crippen LogP contribution in [0.1, 0.15) is 57.8 Å². The summed E-state index contributed by atoms with van der Waals surface area (Å²) in [5.41, 5.74) is 0. The van der Waals surface area contributed by atoms with Gasteiger partial charge in [-0.25, -0.2) is 0 Å². The van der Waals surface area contributed by atoms with Crippen molar-refractivity contribution in [2.24, 2.45) is 11.8 Å². The molecule has 0 aromatic carbocycles. The first kappa shape index (κ1) is 18.6. The van der Waals surface area contributed by atoms with Crippen molar-refractivity contribution in [3.05, 3.63) is 0 Å². The van der Waals surface area contributed by atoms with E-state index in [0.717, 1.165) is 51.4 Å². The summed E-state index contributed by atoms with van der Waals surface area (Å²) < 4.78 is 16.0. The molecule has 2 saturated carbocycles. The zero-order chi connectivity index (χ0) is 17.8. The summed E-state index contributed by atoms with van der Waals surface area (Å²) in [5, 5.41) is 20.3. The molecule has 1 saturated heterocycles. The second-order valence-corrected chi connectivity index (χ2v) is 7.42. The average Bonchev–Trinajstić information content (AvgIpc) is 3.29. The molecule has 2 aliphatic carbocycles. The SMILES string of the molecule is O=C(OC[C@H]1O[C@H](O)C[C@@H](OC(=O)C2CCCC2)[C@@H]1O)C1CCCC1. The molecular formula is C18H28O7. The topological polar surface area (TPSA) is 102 Å². The predicted octanol–water partition coefficient (Wildman–Crippen LogP) is 1.29. The van der Waals surface area contributed by atoms with Gasteiger partial charge >= 0.3 is 11.9 Å². The summed E-state index contributed by atoms with van der Waals surface area (Å²) >= 11 is 0. The van der Waals surface area contributed by atoms with Crippen LogP contribution in [0.25, 0.3) is 0 Å². The number of hydrogen-bond donors (Lipinski definition) is 2. The summed E-state index contributed by atoms with van der Waals surface area (Å²) in [6, 6.07) is 0. The van der Waals surface area contributed by atoms with E-state index in [2.05, 4.69) is 0 Å². The third-order valence-corrected chi connectivity index (χ3v) is 5.56. The highest BCUT2D eigenvalue weighted by Crippen LogP contribution is 2.29. The maximum atomic E-state index is 12.2. The molecule has 0 spiro atoms. The largest absolute Gasteiger partial charge is 0.463 e. The summed E-state index contributed by atoms with van der Waals surface area (Å²) in [6.45, 7) is -0.148. The highest BCUT2D eigenvalue weighted by molar-refractivity contribution is 5.73. The Kier molecular flexibility index (Phi) is 6.30. The van der Waals surface area contributed by atoms with Gasteiger partial charge in [-0.15, -0.1) is 0 Å². The number of aliphatic hydroxyl groups excluding tert-OH is 2. The van der Waals surface area contributed by atoms with Gasteiger partial charge in [0.1, 0.15) is 24.9 Å². The minimum Gasteiger partial charge on any atom is -0.463 e. The van der Waals surface area contributed by atoms with Crippen LogP contribution in [-0.4, -0.2) is 53.4 Å². The molecule has 3 rings (SSSR count). The molecule has 7 nitrogen and oxygen atoms in total. The normalized spacial score (nSPS) is 34.2. The molecule has 0 bridgehead atoms. The summed E-state index contributed by atoms with van der Waals surface area (Å²) in [7, 11) is 0. The van der Waals surface area contributed by atoms with Crippen molar-refractivity contribution in [3.63, 3.8) is 0 Å². The van der Waals surface area contributed by atoms with E-state index in [4.69, 9.17) is 14.2 Å². The standard InChI is InChI=1S/C18H28O7/c19-15-9-13(25-18(22)12-7-3-4-8-12)16(20)14(24-15)10-23-17(21)11-5-1-2-6-11/h11-16,19-20H,1-10H2/t13-,14-,15+,16+/m1/s1. The molecule has 0 aromatic rings. The Hall–Kier alpha value is -1.18. The smallest absolute Gasteiger partial charge is 0.309 e. The monoisotopic (exact) mass is 356 g/mol. The molecule has 7 heteroatoms. The van der Waals surface area contributed by atoms with Gasteiger partial charge in [-0.3, -0.25) is 9.59 Å². The first-order valence-corrected chi connectivity index (χ1v) is 9.43. The number of rotatable bonds is 5. The molecule has 2 N–H and O–H groups in total. The maximum absolute atomic E-state index is 12.2. The van der Waals surface area contributed by atoms with Crippen molar-refractivity contribution < 1.29 is 34.0 Å². The van der Waals surface area contributed by atoms with Crippen LogP contribution in [0.3, 0.4) is 0 Å². The summed E-state index contributed by atoms with van der Waals surface area (Å²) in [6.07, 6.45) is 3.37. The van der Waals surface area contributed by atoms with Crippen LogP contribution in [0, 0.1) is 11.8 Å². The summed E-state index contributed by atoms with van der Waals surface area (Å²) in [4.78, 5) is 24.2. The minimum absolute atomic E-state index is 0.0205. The quantitative estimate of drug-likeness (QED) is 0.716. The minimum atomic E-state index is -1.15. The Morgan fingerprint density at radius 1 is 0.920 bits per heavy atom. The van der Waals surface area contributed by atoms with Crippen LogP contribution in [0.4, 0.5) is 0 Å². The lowest BCUT2D eigenvalue weighted by Gasteiger charge is -2.37. The number of esters is 2. The Balaban J connectivity index is 1.51. The van der Waals surface area contributed by atoms with E-state index in [0.29, 0.717) is 0 Å². The van der Waals surface area contributed by atoms with E-state index in [-0.39, 0.29) is 36.8 Å². The van der Waals surface area contributed by atoms with E-state index in [1.807, 2.05) is 0 Å². The maximum Gasteiger partial charge on any atom is 0.309 e. The van der Waals surface area contributed by atoms with Gasteiger partial charge in [-0.2, -0.15) is 0 Å². The van der Waals surface area contributed by atoms with Crippen LogP contribution in [0.15, 0.2) is 0 Å². The van der Waals surface area contributed by atoms with Crippen molar-refractivity contribution in [2.45, 2.75) is 82.4 Å². The Bertz CT molecular complexity index is 468. The fourth-order valence-electron chi connectivity index (χ4n) is 4.02. The summed E-state index contributed by atoms with van der Waals surface area (Å²) in [5.74, 6) is -0.808. The van der Waals surface area contributed by atoms with Crippen LogP contribution >= 0.6 is 0 Å². The first-order valence-electron chi connectivity index (χ1n) is 9.43. The molecule has 0 radical (unpaired) electrons. The van der Waals surface area contributed by atoms with Gasteiger partial charge in [0.25, 0.3) is 0 Å². The molecule has 1 heterocycles. The second kappa shape index (κ2) is 8.47. The van der Waals surface area contributed by atoms with Crippen molar-refractivity contribution in [2.75, 3.05) is 6.61 Å². The molecule has 3 fully saturated rings. The molecular weight excluding hydrogens is 328 g/mol. The number of carbonyl (C=O) groups excluding carboxylic acids is 2. The molecule has 4 atom stereocenters. The van der Waals surface area contributed by atoms with E-state index < -0.39 is 24.6 Å². The molecule has 3 aliphatic rings. The van der Waals surface area contributed by atoms with Crippen LogP contribution in [0.2, 0.25) is 0 Å². The van der Waals surface area contributed by atoms with Gasteiger partial charge < -0.3 is 24.4 Å². The molecule has 1 aliphatic heterocycles. The van der Waals surface area contributed by atoms with Crippen molar-refractivity contribution >= 4 is 11.9 Å². The molecule has 0 amide bonds. The molecule has 0 unspecified atom stereocenters. The first-order chi connectivity index (χ1) is 12.0. The number of hydrogen-bond acceptors (Lipinski definition) is 7. The second-order valence-electron chi connectivity index (χ2n) is 7.42. The lowest BCUT2D eigenvalue weighted by Crippen LogP contribution is -2.52. The van der Waals surface area contributed by atoms with Gasteiger partial charge in [-0.1, -0.05) is 25.7 Å². The third-order valence-electron chi connectivity index (χ3n) is 5.56. The lowest BCUT2D eigenvalue weighted by atomic mass is 10.0. The highest BCUT2D eigenvalue weighted by atomic mass is 16.6. The molecule has 142 valence electrons. The van der Waals surface area contributed by atoms with E-state index in [1.165, 1.54) is 0 Å². The van der Waals surface area contributed by atoms with Crippen molar-refractivity contribution in [3.8, 4) is 0 Å². The Morgan fingerprint density at radius 2 is 1.48 bits per heavy atom. The third kappa shape index (κ3) is 4.71. The van der Waals surface area contributed by atoms with E-state index in [1.54, 1.807) is 0 Å². The zero-order valence-corrected chi connectivity index (χ0v) is 14.5. The lowest BCUT2D eigenvalue weighted by molar-refractivity contribution is -0.248. The van der Waals surface area contributed by atoms with Gasteiger partial charge in [0.05, 0.1) is 11.8 Å². The average molecular weight is 356 g/mol. The molecule has 0 aromatic heterocycles. The van der Waals surface area contributed by atoms with Crippen LogP contribution < -0.4 is 0 Å². The van der Waals surface area contributed by atoms with Gasteiger partial charge in [0.2, 0.25) is 0 Å². The van der Waals surface area contributed by atoms with E-state index >= 15 is 0 Å². The zero-order valence-electron chi connectivity index (χ0n) is 14.5. The van der Waals surface area contributed by atoms with E-state index in [9.17, 15) is 19.8 Å². The number of aliphatic hydroxyl groups is 2. The number of carbonyl (C=O) groups is 2. The Morgan fingerprint density at radius 3 is 2.08 bits per heavy atom. The molecule has 25 heavy (non-hydrogen) atoms. The van der Waals surface area contributed by atoms with Gasteiger partial charge in [0.15, 0.2) is 6.29 Å². The highest BCUT2D eigenvalue weighted by Gasteiger charge is 2.41. The fourth-order valence-corrected chi connectivity index (χ4v) is 4.02. The predicted molar refractivity (Wildman–Crippen MR) is 86.3 cm³/mol. The van der Waals surface area contributed by atoms with Crippen LogP contribution in [0.5, 0.6) is 0 Å². The Labute approximate surface area is 147 Å². The number of ether oxygens (including phenoxy) is 3. The fraction of sp³-hybridized carbons (Fsp3) is 0.889.